The van der Waals surface area contributed by atoms with Crippen LogP contribution in [0.15, 0.2) is 35.1 Å². The highest BCUT2D eigenvalue weighted by Crippen LogP contribution is 2.30. The zero-order valence-corrected chi connectivity index (χ0v) is 9.93. The summed E-state index contributed by atoms with van der Waals surface area (Å²) in [4.78, 5) is 7.38. The average molecular weight is 282 g/mol. The predicted octanol–water partition coefficient (Wildman–Crippen LogP) is 4.13. The number of halogens is 2. The first-order valence-corrected chi connectivity index (χ1v) is 5.63. The largest absolute Gasteiger partial charge is 0.353 e. The fourth-order valence-corrected chi connectivity index (χ4v) is 2.32. The minimum atomic E-state index is 0.653. The van der Waals surface area contributed by atoms with Crippen molar-refractivity contribution in [2.24, 2.45) is 0 Å². The van der Waals surface area contributed by atoms with Crippen molar-refractivity contribution >= 4 is 49.3 Å². The number of aromatic nitrogens is 2. The summed E-state index contributed by atoms with van der Waals surface area (Å²) in [5.41, 5.74) is 2.01. The number of H-pyrrole nitrogens is 1. The molecular formula is C11H6BrClN2. The molecule has 2 aromatic heterocycles. The number of nitrogens with zero attached hydrogens (tertiary/aromatic N) is 1. The third-order valence-corrected chi connectivity index (χ3v) is 3.21. The smallest absolute Gasteiger partial charge is 0.0830 e. The van der Waals surface area contributed by atoms with Gasteiger partial charge in [-0.2, -0.15) is 0 Å². The first-order chi connectivity index (χ1) is 7.25. The number of benzene rings is 1. The first-order valence-electron chi connectivity index (χ1n) is 4.46. The maximum atomic E-state index is 6.06. The van der Waals surface area contributed by atoms with Crippen LogP contribution in [-0.4, -0.2) is 9.97 Å². The maximum absolute atomic E-state index is 6.06. The molecule has 1 N–H and O–H groups in total. The lowest BCUT2D eigenvalue weighted by molar-refractivity contribution is 1.36. The molecule has 2 heterocycles. The molecule has 0 aliphatic carbocycles. The number of rotatable bonds is 0. The molecule has 0 atom stereocenters. The summed E-state index contributed by atoms with van der Waals surface area (Å²) in [6, 6.07) is 6.10. The molecule has 3 aromatic rings. The fourth-order valence-electron chi connectivity index (χ4n) is 1.76. The molecule has 0 saturated heterocycles. The van der Waals surface area contributed by atoms with Crippen LogP contribution in [0.5, 0.6) is 0 Å². The van der Waals surface area contributed by atoms with Crippen LogP contribution in [0.1, 0.15) is 0 Å². The van der Waals surface area contributed by atoms with Crippen LogP contribution in [0.2, 0.25) is 5.02 Å². The van der Waals surface area contributed by atoms with Crippen molar-refractivity contribution < 1.29 is 0 Å². The van der Waals surface area contributed by atoms with Crippen molar-refractivity contribution in [1.29, 1.82) is 0 Å². The fraction of sp³-hybridized carbons (Fsp3) is 0. The Kier molecular flexibility index (Phi) is 1.97. The van der Waals surface area contributed by atoms with Gasteiger partial charge in [-0.1, -0.05) is 33.6 Å². The second-order valence-electron chi connectivity index (χ2n) is 3.36. The van der Waals surface area contributed by atoms with Gasteiger partial charge in [0.25, 0.3) is 0 Å². The monoisotopic (exact) mass is 280 g/mol. The van der Waals surface area contributed by atoms with E-state index in [-0.39, 0.29) is 0 Å². The van der Waals surface area contributed by atoms with Gasteiger partial charge in [0.1, 0.15) is 0 Å². The molecule has 0 aliphatic rings. The van der Waals surface area contributed by atoms with E-state index in [1.54, 1.807) is 6.20 Å². The quantitative estimate of drug-likeness (QED) is 0.659. The summed E-state index contributed by atoms with van der Waals surface area (Å²) in [5.74, 6) is 0. The Morgan fingerprint density at radius 2 is 2.07 bits per heavy atom. The van der Waals surface area contributed by atoms with Crippen molar-refractivity contribution in [3.05, 3.63) is 40.1 Å². The van der Waals surface area contributed by atoms with E-state index in [1.165, 1.54) is 0 Å². The van der Waals surface area contributed by atoms with Gasteiger partial charge in [-0.3, -0.25) is 4.98 Å². The molecule has 0 spiro atoms. The number of nitrogens with one attached hydrogen (secondary N) is 1. The van der Waals surface area contributed by atoms with Gasteiger partial charge in [-0.15, -0.1) is 0 Å². The van der Waals surface area contributed by atoms with E-state index in [0.717, 1.165) is 26.3 Å². The Morgan fingerprint density at radius 3 is 2.93 bits per heavy atom. The number of aromatic amines is 1. The van der Waals surface area contributed by atoms with Gasteiger partial charge in [0.2, 0.25) is 0 Å². The Morgan fingerprint density at radius 1 is 1.20 bits per heavy atom. The predicted molar refractivity (Wildman–Crippen MR) is 66.3 cm³/mol. The van der Waals surface area contributed by atoms with Gasteiger partial charge in [0.15, 0.2) is 0 Å². The van der Waals surface area contributed by atoms with Gasteiger partial charge in [-0.05, 0) is 12.1 Å². The normalized spacial score (nSPS) is 11.3. The Labute approximate surface area is 99.4 Å². The molecule has 0 bridgehead atoms. The lowest BCUT2D eigenvalue weighted by Crippen LogP contribution is -1.73. The third-order valence-electron chi connectivity index (χ3n) is 2.43. The summed E-state index contributed by atoms with van der Waals surface area (Å²) in [6.07, 6.45) is 3.47. The van der Waals surface area contributed by atoms with E-state index < -0.39 is 0 Å². The molecule has 0 fully saturated rings. The van der Waals surface area contributed by atoms with Crippen LogP contribution in [-0.2, 0) is 0 Å². The van der Waals surface area contributed by atoms with Crippen molar-refractivity contribution in [2.75, 3.05) is 0 Å². The first kappa shape index (κ1) is 9.19. The third kappa shape index (κ3) is 1.34. The number of pyridine rings is 1. The Balaban J connectivity index is 2.57. The molecule has 0 radical (unpaired) electrons. The molecule has 0 aliphatic heterocycles. The lowest BCUT2D eigenvalue weighted by atomic mass is 10.2. The molecule has 74 valence electrons. The van der Waals surface area contributed by atoms with Crippen LogP contribution < -0.4 is 0 Å². The lowest BCUT2D eigenvalue weighted by Gasteiger charge is -1.91. The molecule has 0 unspecified atom stereocenters. The standard InChI is InChI=1S/C11H6BrClN2/c12-6-1-2-7-8-4-14-5-9(13)11(8)15-10(7)3-6/h1-5,15H. The molecule has 3 rings (SSSR count). The summed E-state index contributed by atoms with van der Waals surface area (Å²) < 4.78 is 1.05. The number of hydrogen-bond donors (Lipinski definition) is 1. The van der Waals surface area contributed by atoms with E-state index in [2.05, 4.69) is 32.0 Å². The zero-order valence-electron chi connectivity index (χ0n) is 7.59. The van der Waals surface area contributed by atoms with Gasteiger partial charge in [-0.25, -0.2) is 0 Å². The summed E-state index contributed by atoms with van der Waals surface area (Å²) in [5, 5.41) is 2.85. The summed E-state index contributed by atoms with van der Waals surface area (Å²) in [6.45, 7) is 0. The summed E-state index contributed by atoms with van der Waals surface area (Å²) >= 11 is 9.50. The van der Waals surface area contributed by atoms with Crippen LogP contribution in [0.25, 0.3) is 21.8 Å². The number of fused-ring (bicyclic) bond motifs is 3. The van der Waals surface area contributed by atoms with Gasteiger partial charge in [0.05, 0.1) is 10.5 Å². The second kappa shape index (κ2) is 3.22. The van der Waals surface area contributed by atoms with Crippen molar-refractivity contribution in [3.8, 4) is 0 Å². The highest BCUT2D eigenvalue weighted by molar-refractivity contribution is 9.10. The molecular weight excluding hydrogens is 275 g/mol. The minimum absolute atomic E-state index is 0.653. The van der Waals surface area contributed by atoms with Crippen LogP contribution in [0.4, 0.5) is 0 Å². The zero-order chi connectivity index (χ0) is 10.4. The topological polar surface area (TPSA) is 28.7 Å². The van der Waals surface area contributed by atoms with Crippen LogP contribution in [0, 0.1) is 0 Å². The summed E-state index contributed by atoms with van der Waals surface area (Å²) in [7, 11) is 0. The molecule has 1 aromatic carbocycles. The average Bonchev–Trinajstić information content (AvgIpc) is 2.57. The Hall–Kier alpha value is -1.06. The van der Waals surface area contributed by atoms with Crippen molar-refractivity contribution in [2.45, 2.75) is 0 Å². The van der Waals surface area contributed by atoms with E-state index in [4.69, 9.17) is 11.6 Å². The highest BCUT2D eigenvalue weighted by Gasteiger charge is 2.06. The molecule has 15 heavy (non-hydrogen) atoms. The molecule has 4 heteroatoms. The molecule has 0 amide bonds. The van der Waals surface area contributed by atoms with Gasteiger partial charge >= 0.3 is 0 Å². The van der Waals surface area contributed by atoms with E-state index in [0.29, 0.717) is 5.02 Å². The van der Waals surface area contributed by atoms with E-state index >= 15 is 0 Å². The van der Waals surface area contributed by atoms with Crippen molar-refractivity contribution in [3.63, 3.8) is 0 Å². The van der Waals surface area contributed by atoms with E-state index in [9.17, 15) is 0 Å². The minimum Gasteiger partial charge on any atom is -0.353 e. The molecule has 0 saturated carbocycles. The molecule has 2 nitrogen and oxygen atoms in total. The highest BCUT2D eigenvalue weighted by atomic mass is 79.9. The van der Waals surface area contributed by atoms with Crippen LogP contribution in [0.3, 0.4) is 0 Å². The Bertz CT molecular complexity index is 660. The second-order valence-corrected chi connectivity index (χ2v) is 4.68. The van der Waals surface area contributed by atoms with Crippen molar-refractivity contribution in [1.82, 2.24) is 9.97 Å². The van der Waals surface area contributed by atoms with E-state index in [1.807, 2.05) is 18.3 Å². The van der Waals surface area contributed by atoms with Gasteiger partial charge < -0.3 is 4.98 Å². The number of hydrogen-bond acceptors (Lipinski definition) is 1. The maximum Gasteiger partial charge on any atom is 0.0830 e. The van der Waals surface area contributed by atoms with Crippen LogP contribution >= 0.6 is 27.5 Å². The van der Waals surface area contributed by atoms with Gasteiger partial charge in [0, 0.05) is 33.2 Å². The SMILES string of the molecule is Clc1cncc2c1[nH]c1cc(Br)ccc12.